The van der Waals surface area contributed by atoms with E-state index < -0.39 is 0 Å². The van der Waals surface area contributed by atoms with Crippen LogP contribution in [0.15, 0.2) is 85.1 Å². The smallest absolute Gasteiger partial charge is 0.0963 e. The van der Waals surface area contributed by atoms with Gasteiger partial charge in [0, 0.05) is 16.5 Å². The fourth-order valence-corrected chi connectivity index (χ4v) is 3.19. The molecule has 0 fully saturated rings. The zero-order chi connectivity index (χ0) is 17.3. The van der Waals surface area contributed by atoms with Gasteiger partial charge in [-0.25, -0.2) is 4.98 Å². The summed E-state index contributed by atoms with van der Waals surface area (Å²) in [6.45, 7) is 0. The SMILES string of the molecule is c1ccc2nc(-c3ccc4cc(-c5ccnnn5)ccc4c3)ccc2c1. The van der Waals surface area contributed by atoms with Crippen molar-refractivity contribution in [3.63, 3.8) is 0 Å². The van der Waals surface area contributed by atoms with Crippen LogP contribution in [0.5, 0.6) is 0 Å². The molecule has 0 N–H and O–H groups in total. The molecule has 4 nitrogen and oxygen atoms in total. The van der Waals surface area contributed by atoms with Gasteiger partial charge in [0.15, 0.2) is 0 Å². The van der Waals surface area contributed by atoms with E-state index in [2.05, 4.69) is 70.0 Å². The van der Waals surface area contributed by atoms with Crippen LogP contribution in [-0.2, 0) is 0 Å². The fraction of sp³-hybridized carbons (Fsp3) is 0. The third kappa shape index (κ3) is 2.58. The first-order valence-corrected chi connectivity index (χ1v) is 8.42. The van der Waals surface area contributed by atoms with Gasteiger partial charge in [-0.3, -0.25) is 0 Å². The Morgan fingerprint density at radius 1 is 0.577 bits per heavy atom. The lowest BCUT2D eigenvalue weighted by atomic mass is 10.0. The predicted molar refractivity (Wildman–Crippen MR) is 104 cm³/mol. The van der Waals surface area contributed by atoms with Crippen molar-refractivity contribution in [1.29, 1.82) is 0 Å². The second-order valence-corrected chi connectivity index (χ2v) is 6.17. The molecule has 0 bridgehead atoms. The van der Waals surface area contributed by atoms with Crippen molar-refractivity contribution in [2.45, 2.75) is 0 Å². The van der Waals surface area contributed by atoms with Gasteiger partial charge >= 0.3 is 0 Å². The van der Waals surface area contributed by atoms with Gasteiger partial charge in [-0.1, -0.05) is 48.5 Å². The van der Waals surface area contributed by atoms with Crippen LogP contribution in [0.3, 0.4) is 0 Å². The van der Waals surface area contributed by atoms with E-state index in [4.69, 9.17) is 4.98 Å². The molecule has 0 aliphatic carbocycles. The van der Waals surface area contributed by atoms with Gasteiger partial charge in [0.05, 0.1) is 23.1 Å². The Bertz CT molecular complexity index is 1230. The molecule has 5 aromatic rings. The molecule has 26 heavy (non-hydrogen) atoms. The van der Waals surface area contributed by atoms with Gasteiger partial charge in [-0.15, -0.1) is 10.2 Å². The first-order chi connectivity index (χ1) is 12.9. The average molecular weight is 334 g/mol. The molecular formula is C22H14N4. The van der Waals surface area contributed by atoms with Crippen molar-refractivity contribution in [2.75, 3.05) is 0 Å². The van der Waals surface area contributed by atoms with Crippen LogP contribution in [0, 0.1) is 0 Å². The minimum Gasteiger partial charge on any atom is -0.248 e. The number of hydrogen-bond donors (Lipinski definition) is 0. The average Bonchev–Trinajstić information content (AvgIpc) is 2.73. The molecule has 0 saturated carbocycles. The minimum absolute atomic E-state index is 0.821. The number of fused-ring (bicyclic) bond motifs is 2. The summed E-state index contributed by atoms with van der Waals surface area (Å²) in [5, 5.41) is 15.0. The highest BCUT2D eigenvalue weighted by Crippen LogP contribution is 2.27. The molecule has 122 valence electrons. The molecule has 0 saturated heterocycles. The van der Waals surface area contributed by atoms with Crippen LogP contribution in [0.4, 0.5) is 0 Å². The lowest BCUT2D eigenvalue weighted by molar-refractivity contribution is 0.871. The number of nitrogens with zero attached hydrogens (tertiary/aromatic N) is 4. The maximum Gasteiger partial charge on any atom is 0.0963 e. The van der Waals surface area contributed by atoms with E-state index in [-0.39, 0.29) is 0 Å². The van der Waals surface area contributed by atoms with E-state index in [0.29, 0.717) is 0 Å². The second-order valence-electron chi connectivity index (χ2n) is 6.17. The third-order valence-corrected chi connectivity index (χ3v) is 4.53. The summed E-state index contributed by atoms with van der Waals surface area (Å²) in [6, 6.07) is 26.9. The van der Waals surface area contributed by atoms with E-state index in [9.17, 15) is 0 Å². The highest BCUT2D eigenvalue weighted by atomic mass is 15.3. The van der Waals surface area contributed by atoms with Crippen molar-refractivity contribution < 1.29 is 0 Å². The van der Waals surface area contributed by atoms with Gasteiger partial charge in [-0.2, -0.15) is 0 Å². The van der Waals surface area contributed by atoms with Crippen molar-refractivity contribution in [3.8, 4) is 22.5 Å². The maximum atomic E-state index is 4.79. The third-order valence-electron chi connectivity index (χ3n) is 4.53. The number of hydrogen-bond acceptors (Lipinski definition) is 4. The Balaban J connectivity index is 1.59. The summed E-state index contributed by atoms with van der Waals surface area (Å²) >= 11 is 0. The van der Waals surface area contributed by atoms with E-state index in [1.807, 2.05) is 24.3 Å². The lowest BCUT2D eigenvalue weighted by Gasteiger charge is -2.07. The summed E-state index contributed by atoms with van der Waals surface area (Å²) in [7, 11) is 0. The molecule has 5 rings (SSSR count). The van der Waals surface area contributed by atoms with E-state index in [1.165, 1.54) is 5.39 Å². The molecule has 2 heterocycles. The van der Waals surface area contributed by atoms with E-state index >= 15 is 0 Å². The Morgan fingerprint density at radius 2 is 1.31 bits per heavy atom. The number of benzene rings is 3. The topological polar surface area (TPSA) is 51.6 Å². The summed E-state index contributed by atoms with van der Waals surface area (Å²) in [5.41, 5.74) is 4.96. The molecule has 0 unspecified atom stereocenters. The Hall–Kier alpha value is -3.66. The first-order valence-electron chi connectivity index (χ1n) is 8.42. The van der Waals surface area contributed by atoms with Crippen molar-refractivity contribution in [1.82, 2.24) is 20.4 Å². The zero-order valence-corrected chi connectivity index (χ0v) is 13.9. The second kappa shape index (κ2) is 6.01. The highest BCUT2D eigenvalue weighted by Gasteiger charge is 2.05. The van der Waals surface area contributed by atoms with Crippen LogP contribution in [0.1, 0.15) is 0 Å². The fourth-order valence-electron chi connectivity index (χ4n) is 3.19. The summed E-state index contributed by atoms with van der Waals surface area (Å²) in [6.07, 6.45) is 1.65. The van der Waals surface area contributed by atoms with E-state index in [1.54, 1.807) is 6.20 Å². The summed E-state index contributed by atoms with van der Waals surface area (Å²) in [5.74, 6) is 0. The molecule has 3 aromatic carbocycles. The zero-order valence-electron chi connectivity index (χ0n) is 13.9. The largest absolute Gasteiger partial charge is 0.248 e. The van der Waals surface area contributed by atoms with Crippen molar-refractivity contribution in [2.24, 2.45) is 0 Å². The number of pyridine rings is 1. The summed E-state index contributed by atoms with van der Waals surface area (Å²) < 4.78 is 0. The Kier molecular flexibility index (Phi) is 3.39. The maximum absolute atomic E-state index is 4.79. The quantitative estimate of drug-likeness (QED) is 0.460. The molecule has 0 spiro atoms. The van der Waals surface area contributed by atoms with Crippen LogP contribution < -0.4 is 0 Å². The molecule has 0 amide bonds. The van der Waals surface area contributed by atoms with Crippen LogP contribution in [-0.4, -0.2) is 20.4 Å². The standard InChI is InChI=1S/C22H14N4/c1-2-4-20-15(3-1)9-10-21(24-20)18-7-5-17-14-19(8-6-16(17)13-18)22-11-12-23-26-25-22/h1-14H. The van der Waals surface area contributed by atoms with E-state index in [0.717, 1.165) is 38.8 Å². The van der Waals surface area contributed by atoms with Crippen molar-refractivity contribution in [3.05, 3.63) is 85.1 Å². The number of aromatic nitrogens is 4. The van der Waals surface area contributed by atoms with Crippen LogP contribution >= 0.6 is 0 Å². The molecular weight excluding hydrogens is 320 g/mol. The van der Waals surface area contributed by atoms with Crippen LogP contribution in [0.25, 0.3) is 44.2 Å². The lowest BCUT2D eigenvalue weighted by Crippen LogP contribution is -1.89. The molecule has 2 aromatic heterocycles. The van der Waals surface area contributed by atoms with Gasteiger partial charge in [-0.05, 0) is 46.3 Å². The predicted octanol–water partition coefficient (Wildman–Crippen LogP) is 4.91. The van der Waals surface area contributed by atoms with Gasteiger partial charge in [0.25, 0.3) is 0 Å². The minimum atomic E-state index is 0.821. The van der Waals surface area contributed by atoms with Gasteiger partial charge < -0.3 is 0 Å². The molecule has 0 radical (unpaired) electrons. The molecule has 0 atom stereocenters. The first kappa shape index (κ1) is 14.7. The number of rotatable bonds is 2. The van der Waals surface area contributed by atoms with Gasteiger partial charge in [0.2, 0.25) is 0 Å². The highest BCUT2D eigenvalue weighted by molar-refractivity contribution is 5.91. The van der Waals surface area contributed by atoms with Crippen molar-refractivity contribution >= 4 is 21.7 Å². The number of para-hydroxylation sites is 1. The monoisotopic (exact) mass is 334 g/mol. The van der Waals surface area contributed by atoms with Gasteiger partial charge in [0.1, 0.15) is 0 Å². The molecule has 0 aliphatic rings. The normalized spacial score (nSPS) is 11.1. The van der Waals surface area contributed by atoms with Crippen LogP contribution in [0.2, 0.25) is 0 Å². The molecule has 4 heteroatoms. The summed E-state index contributed by atoms with van der Waals surface area (Å²) in [4.78, 5) is 4.79. The molecule has 0 aliphatic heterocycles. The Labute approximate surface area is 150 Å². The Morgan fingerprint density at radius 3 is 2.08 bits per heavy atom.